The van der Waals surface area contributed by atoms with E-state index in [0.29, 0.717) is 30.9 Å². The molecule has 0 saturated carbocycles. The Morgan fingerprint density at radius 3 is 2.70 bits per heavy atom. The second-order valence-electron chi connectivity index (χ2n) is 8.08. The van der Waals surface area contributed by atoms with E-state index in [0.717, 1.165) is 38.3 Å². The van der Waals surface area contributed by atoms with Crippen molar-refractivity contribution in [3.63, 3.8) is 0 Å². The molecule has 2 fully saturated rings. The number of cyclic esters (lactones) is 1. The summed E-state index contributed by atoms with van der Waals surface area (Å²) >= 11 is 0. The second kappa shape index (κ2) is 11.2. The summed E-state index contributed by atoms with van der Waals surface area (Å²) in [5.74, 6) is 1.05. The molecular weight excluding hydrogens is 424 g/mol. The topological polar surface area (TPSA) is 95.1 Å². The third kappa shape index (κ3) is 6.03. The molecule has 8 heteroatoms. The van der Waals surface area contributed by atoms with Gasteiger partial charge in [-0.15, -0.1) is 0 Å². The third-order valence-electron chi connectivity index (χ3n) is 5.57. The van der Waals surface area contributed by atoms with Gasteiger partial charge in [0.2, 0.25) is 6.10 Å². The Morgan fingerprint density at radius 2 is 1.94 bits per heavy atom. The summed E-state index contributed by atoms with van der Waals surface area (Å²) in [5, 5.41) is 5.50. The first-order valence-corrected chi connectivity index (χ1v) is 11.5. The maximum atomic E-state index is 11.8. The zero-order valence-electron chi connectivity index (χ0n) is 18.8. The number of benzene rings is 2. The molecule has 0 aliphatic carbocycles. The minimum absolute atomic E-state index is 0.0893. The van der Waals surface area contributed by atoms with E-state index in [9.17, 15) is 9.59 Å². The monoisotopic (exact) mass is 454 g/mol. The molecule has 0 radical (unpaired) electrons. The lowest BCUT2D eigenvalue weighted by atomic mass is 10.0. The molecule has 2 atom stereocenters. The van der Waals surface area contributed by atoms with E-state index < -0.39 is 18.1 Å². The Bertz CT molecular complexity index is 973. The van der Waals surface area contributed by atoms with Crippen LogP contribution in [-0.2, 0) is 20.7 Å². The molecule has 33 heavy (non-hydrogen) atoms. The van der Waals surface area contributed by atoms with Gasteiger partial charge in [-0.3, -0.25) is 10.1 Å². The van der Waals surface area contributed by atoms with Crippen LogP contribution in [0.15, 0.2) is 42.5 Å². The van der Waals surface area contributed by atoms with E-state index in [1.807, 2.05) is 6.07 Å². The highest BCUT2D eigenvalue weighted by atomic mass is 16.6. The minimum atomic E-state index is -0.931. The molecule has 2 aliphatic rings. The molecule has 0 aromatic heterocycles. The molecule has 0 bridgehead atoms. The number of morpholine rings is 1. The fraction of sp³-hybridized carbons (Fsp3) is 0.440. The first-order chi connectivity index (χ1) is 16.1. The van der Waals surface area contributed by atoms with E-state index in [4.69, 9.17) is 18.9 Å². The molecule has 2 amide bonds. The maximum absolute atomic E-state index is 11.8. The van der Waals surface area contributed by atoms with Gasteiger partial charge in [-0.1, -0.05) is 31.5 Å². The van der Waals surface area contributed by atoms with Gasteiger partial charge in [-0.05, 0) is 41.8 Å². The zero-order valence-corrected chi connectivity index (χ0v) is 18.8. The van der Waals surface area contributed by atoms with Gasteiger partial charge in [-0.2, -0.15) is 0 Å². The number of hydrogen-bond acceptors (Lipinski definition) is 7. The van der Waals surface area contributed by atoms with Crippen LogP contribution in [0.1, 0.15) is 48.7 Å². The van der Waals surface area contributed by atoms with E-state index in [2.05, 4.69) is 29.7 Å². The van der Waals surface area contributed by atoms with Crippen LogP contribution in [0.3, 0.4) is 0 Å². The zero-order chi connectivity index (χ0) is 23.0. The molecule has 2 aromatic carbocycles. The Labute approximate surface area is 193 Å². The highest BCUT2D eigenvalue weighted by Gasteiger charge is 2.33. The summed E-state index contributed by atoms with van der Waals surface area (Å²) in [7, 11) is 0. The number of imide groups is 1. The van der Waals surface area contributed by atoms with Crippen molar-refractivity contribution >= 4 is 12.0 Å². The van der Waals surface area contributed by atoms with Crippen molar-refractivity contribution in [1.82, 2.24) is 10.6 Å². The number of rotatable bonds is 10. The van der Waals surface area contributed by atoms with Crippen LogP contribution in [0.25, 0.3) is 0 Å². The smallest absolute Gasteiger partial charge is 0.415 e. The predicted octanol–water partition coefficient (Wildman–Crippen LogP) is 3.46. The quantitative estimate of drug-likeness (QED) is 0.531. The number of hydrogen-bond donors (Lipinski definition) is 2. The lowest BCUT2D eigenvalue weighted by Gasteiger charge is -2.25. The molecule has 176 valence electrons. The van der Waals surface area contributed by atoms with Crippen molar-refractivity contribution in [1.29, 1.82) is 0 Å². The summed E-state index contributed by atoms with van der Waals surface area (Å²) in [6.45, 7) is 5.61. The number of ether oxygens (including phenoxy) is 4. The fourth-order valence-electron chi connectivity index (χ4n) is 3.96. The van der Waals surface area contributed by atoms with Crippen LogP contribution in [-0.4, -0.2) is 44.9 Å². The Balaban J connectivity index is 1.27. The predicted molar refractivity (Wildman–Crippen MR) is 121 cm³/mol. The van der Waals surface area contributed by atoms with Crippen molar-refractivity contribution in [2.75, 3.05) is 32.9 Å². The summed E-state index contributed by atoms with van der Waals surface area (Å²) in [6.07, 6.45) is 1.12. The number of alkyl carbamates (subject to hydrolysis) is 1. The first kappa shape index (κ1) is 23.1. The molecule has 2 aliphatic heterocycles. The lowest BCUT2D eigenvalue weighted by Crippen LogP contribution is -2.33. The van der Waals surface area contributed by atoms with Crippen LogP contribution in [0.4, 0.5) is 4.79 Å². The van der Waals surface area contributed by atoms with Crippen LogP contribution in [0, 0.1) is 0 Å². The van der Waals surface area contributed by atoms with Crippen molar-refractivity contribution in [3.8, 4) is 11.5 Å². The number of carbonyl (C=O) groups is 2. The first-order valence-electron chi connectivity index (χ1n) is 11.5. The van der Waals surface area contributed by atoms with Crippen LogP contribution < -0.4 is 20.1 Å². The van der Waals surface area contributed by atoms with Gasteiger partial charge in [0.15, 0.2) is 0 Å². The van der Waals surface area contributed by atoms with Crippen LogP contribution >= 0.6 is 0 Å². The standard InChI is InChI=1S/C25H30N2O6/c1-2-5-17-14-18(22-16-26-10-13-32-22)8-9-21(17)31-12-4-11-30-20-7-3-6-19(15-20)23-24(28)27-25(29)33-23/h3,6-9,14-15,22-23,26H,2,4-5,10-13,16H2,1H3,(H,27,28,29). The summed E-state index contributed by atoms with van der Waals surface area (Å²) in [4.78, 5) is 23.0. The van der Waals surface area contributed by atoms with Crippen molar-refractivity contribution in [3.05, 3.63) is 59.2 Å². The van der Waals surface area contributed by atoms with Crippen LogP contribution in [0.5, 0.6) is 11.5 Å². The molecule has 2 aromatic rings. The molecule has 2 saturated heterocycles. The van der Waals surface area contributed by atoms with Gasteiger partial charge in [0.05, 0.1) is 25.9 Å². The highest BCUT2D eigenvalue weighted by molar-refractivity contribution is 6.00. The van der Waals surface area contributed by atoms with E-state index in [-0.39, 0.29) is 6.10 Å². The molecular formula is C25H30N2O6. The largest absolute Gasteiger partial charge is 0.493 e. The Kier molecular flexibility index (Phi) is 7.80. The van der Waals surface area contributed by atoms with Gasteiger partial charge in [-0.25, -0.2) is 4.79 Å². The van der Waals surface area contributed by atoms with Gasteiger partial charge < -0.3 is 24.3 Å². The van der Waals surface area contributed by atoms with Gasteiger partial charge in [0, 0.05) is 25.1 Å². The normalized spacial score (nSPS) is 20.3. The summed E-state index contributed by atoms with van der Waals surface area (Å²) in [5.41, 5.74) is 2.96. The average molecular weight is 455 g/mol. The molecule has 0 spiro atoms. The van der Waals surface area contributed by atoms with E-state index in [1.165, 1.54) is 11.1 Å². The number of amides is 2. The minimum Gasteiger partial charge on any atom is -0.493 e. The lowest BCUT2D eigenvalue weighted by molar-refractivity contribution is -0.123. The van der Waals surface area contributed by atoms with Crippen LogP contribution in [0.2, 0.25) is 0 Å². The van der Waals surface area contributed by atoms with Gasteiger partial charge in [0.25, 0.3) is 5.91 Å². The highest BCUT2D eigenvalue weighted by Crippen LogP contribution is 2.28. The maximum Gasteiger partial charge on any atom is 0.415 e. The number of carbonyl (C=O) groups excluding carboxylic acids is 2. The molecule has 2 unspecified atom stereocenters. The molecule has 2 heterocycles. The molecule has 8 nitrogen and oxygen atoms in total. The SMILES string of the molecule is CCCc1cc(C2CNCCO2)ccc1OCCCOc1cccc(C2OC(=O)NC2=O)c1. The average Bonchev–Trinajstić information content (AvgIpc) is 3.18. The fourth-order valence-corrected chi connectivity index (χ4v) is 3.96. The van der Waals surface area contributed by atoms with E-state index in [1.54, 1.807) is 24.3 Å². The van der Waals surface area contributed by atoms with Crippen molar-refractivity contribution in [2.45, 2.75) is 38.4 Å². The van der Waals surface area contributed by atoms with Gasteiger partial charge >= 0.3 is 6.09 Å². The second-order valence-corrected chi connectivity index (χ2v) is 8.08. The number of nitrogens with one attached hydrogen (secondary N) is 2. The molecule has 4 rings (SSSR count). The summed E-state index contributed by atoms with van der Waals surface area (Å²) in [6, 6.07) is 13.3. The third-order valence-corrected chi connectivity index (χ3v) is 5.57. The Morgan fingerprint density at radius 1 is 1.06 bits per heavy atom. The number of aryl methyl sites for hydroxylation is 1. The summed E-state index contributed by atoms with van der Waals surface area (Å²) < 4.78 is 22.7. The Hall–Kier alpha value is -3.10. The van der Waals surface area contributed by atoms with Crippen molar-refractivity contribution in [2.24, 2.45) is 0 Å². The van der Waals surface area contributed by atoms with Gasteiger partial charge in [0.1, 0.15) is 11.5 Å². The van der Waals surface area contributed by atoms with Crippen molar-refractivity contribution < 1.29 is 28.5 Å². The van der Waals surface area contributed by atoms with E-state index >= 15 is 0 Å². The molecule has 2 N–H and O–H groups in total.